The largest absolute Gasteiger partial charge is 0.239 e. The van der Waals surface area contributed by atoms with E-state index in [4.69, 9.17) is 0 Å². The first-order valence-electron chi connectivity index (χ1n) is 3.36. The van der Waals surface area contributed by atoms with Crippen LogP contribution in [0.15, 0.2) is 23.6 Å². The van der Waals surface area contributed by atoms with Crippen molar-refractivity contribution in [1.82, 2.24) is 0 Å². The fourth-order valence-electron chi connectivity index (χ4n) is 1.14. The molecule has 0 aromatic carbocycles. The number of hydrogen-bond acceptors (Lipinski definition) is 0. The van der Waals surface area contributed by atoms with Crippen LogP contribution in [0.2, 0.25) is 0 Å². The van der Waals surface area contributed by atoms with Crippen molar-refractivity contribution in [2.45, 2.75) is 19.0 Å². The summed E-state index contributed by atoms with van der Waals surface area (Å²) < 4.78 is 25.9. The molecule has 0 aliphatic heterocycles. The molecule has 0 amide bonds. The molecule has 11 heavy (non-hydrogen) atoms. The van der Waals surface area contributed by atoms with Crippen molar-refractivity contribution in [3.63, 3.8) is 0 Å². The van der Waals surface area contributed by atoms with E-state index < -0.39 is 5.67 Å². The number of rotatable bonds is 1. The second-order valence-corrected chi connectivity index (χ2v) is 3.46. The molecule has 0 radical (unpaired) electrons. The molecule has 0 heterocycles. The summed E-state index contributed by atoms with van der Waals surface area (Å²) in [5, 5.41) is 0.500. The average Bonchev–Trinajstić information content (AvgIpc) is 1.83. The molecular formula is C8H9BrF2. The van der Waals surface area contributed by atoms with Crippen molar-refractivity contribution >= 4 is 15.9 Å². The summed E-state index contributed by atoms with van der Waals surface area (Å²) in [7, 11) is 0. The molecule has 1 rings (SSSR count). The minimum absolute atomic E-state index is 0.135. The molecule has 1 unspecified atom stereocenters. The van der Waals surface area contributed by atoms with Crippen LogP contribution in [0.3, 0.4) is 0 Å². The topological polar surface area (TPSA) is 0 Å². The Morgan fingerprint density at radius 1 is 1.73 bits per heavy atom. The maximum absolute atomic E-state index is 13.2. The van der Waals surface area contributed by atoms with Crippen LogP contribution in [-0.4, -0.2) is 11.0 Å². The van der Waals surface area contributed by atoms with Crippen molar-refractivity contribution < 1.29 is 8.78 Å². The van der Waals surface area contributed by atoms with E-state index >= 15 is 0 Å². The van der Waals surface area contributed by atoms with Gasteiger partial charge < -0.3 is 0 Å². The predicted molar refractivity (Wildman–Crippen MR) is 45.2 cm³/mol. The van der Waals surface area contributed by atoms with E-state index in [0.717, 1.165) is 0 Å². The highest BCUT2D eigenvalue weighted by Gasteiger charge is 2.26. The third-order valence-electron chi connectivity index (χ3n) is 1.50. The zero-order valence-corrected chi connectivity index (χ0v) is 7.79. The second-order valence-electron chi connectivity index (χ2n) is 2.90. The SMILES string of the molecule is CC1(F)C=C(CBr)C=C(F)C1. The molecule has 0 bridgehead atoms. The van der Waals surface area contributed by atoms with Gasteiger partial charge in [-0.1, -0.05) is 15.9 Å². The summed E-state index contributed by atoms with van der Waals surface area (Å²) in [4.78, 5) is 0. The Balaban J connectivity index is 2.86. The van der Waals surface area contributed by atoms with Crippen LogP contribution in [0.25, 0.3) is 0 Å². The van der Waals surface area contributed by atoms with Gasteiger partial charge in [-0.25, -0.2) is 8.78 Å². The van der Waals surface area contributed by atoms with Crippen LogP contribution in [0.4, 0.5) is 8.78 Å². The van der Waals surface area contributed by atoms with Crippen LogP contribution >= 0.6 is 15.9 Å². The van der Waals surface area contributed by atoms with Crippen LogP contribution in [-0.2, 0) is 0 Å². The highest BCUT2D eigenvalue weighted by Crippen LogP contribution is 2.30. The van der Waals surface area contributed by atoms with Gasteiger partial charge in [0.2, 0.25) is 0 Å². The molecule has 62 valence electrons. The lowest BCUT2D eigenvalue weighted by Gasteiger charge is -2.19. The summed E-state index contributed by atoms with van der Waals surface area (Å²) in [5.74, 6) is -0.382. The van der Waals surface area contributed by atoms with Crippen LogP contribution < -0.4 is 0 Å². The maximum Gasteiger partial charge on any atom is 0.133 e. The Labute approximate surface area is 73.1 Å². The minimum atomic E-state index is -1.51. The van der Waals surface area contributed by atoms with E-state index in [1.807, 2.05) is 0 Å². The van der Waals surface area contributed by atoms with Gasteiger partial charge in [-0.2, -0.15) is 0 Å². The monoisotopic (exact) mass is 222 g/mol. The molecule has 1 aliphatic carbocycles. The fourth-order valence-corrected chi connectivity index (χ4v) is 1.46. The minimum Gasteiger partial charge on any atom is -0.239 e. The molecule has 0 nitrogen and oxygen atoms in total. The smallest absolute Gasteiger partial charge is 0.133 e. The zero-order valence-electron chi connectivity index (χ0n) is 6.20. The lowest BCUT2D eigenvalue weighted by Crippen LogP contribution is -2.18. The molecule has 0 fully saturated rings. The molecule has 0 spiro atoms. The van der Waals surface area contributed by atoms with Crippen molar-refractivity contribution in [2.75, 3.05) is 5.33 Å². The lowest BCUT2D eigenvalue weighted by atomic mass is 9.95. The Bertz CT molecular complexity index is 216. The molecule has 0 saturated carbocycles. The number of allylic oxidation sites excluding steroid dienone is 4. The molecule has 0 aromatic heterocycles. The Kier molecular flexibility index (Phi) is 2.47. The number of halogens is 3. The first-order valence-corrected chi connectivity index (χ1v) is 4.48. The normalized spacial score (nSPS) is 31.3. The molecule has 0 N–H and O–H groups in total. The number of hydrogen-bond donors (Lipinski definition) is 0. The predicted octanol–water partition coefficient (Wildman–Crippen LogP) is 3.29. The molecule has 3 heteroatoms. The van der Waals surface area contributed by atoms with Gasteiger partial charge in [-0.15, -0.1) is 0 Å². The van der Waals surface area contributed by atoms with Gasteiger partial charge in [0.1, 0.15) is 11.5 Å². The lowest BCUT2D eigenvalue weighted by molar-refractivity contribution is 0.238. The summed E-state index contributed by atoms with van der Waals surface area (Å²) in [5.41, 5.74) is -0.846. The van der Waals surface area contributed by atoms with Gasteiger partial charge in [-0.05, 0) is 24.6 Å². The standard InChI is InChI=1S/C8H9BrF2/c1-8(11)3-6(5-9)2-7(10)4-8/h2-3H,4-5H2,1H3. The van der Waals surface area contributed by atoms with Gasteiger partial charge >= 0.3 is 0 Å². The number of alkyl halides is 2. The van der Waals surface area contributed by atoms with E-state index in [2.05, 4.69) is 15.9 Å². The molecule has 0 aromatic rings. The Morgan fingerprint density at radius 3 is 2.82 bits per heavy atom. The van der Waals surface area contributed by atoms with Crippen molar-refractivity contribution in [2.24, 2.45) is 0 Å². The summed E-state index contributed by atoms with van der Waals surface area (Å²) in [6, 6.07) is 0. The summed E-state index contributed by atoms with van der Waals surface area (Å²) in [6.07, 6.45) is 2.68. The van der Waals surface area contributed by atoms with Crippen LogP contribution in [0.5, 0.6) is 0 Å². The first kappa shape index (κ1) is 8.91. The Morgan fingerprint density at radius 2 is 2.36 bits per heavy atom. The molecule has 1 atom stereocenters. The highest BCUT2D eigenvalue weighted by molar-refractivity contribution is 9.09. The van der Waals surface area contributed by atoms with E-state index in [-0.39, 0.29) is 12.2 Å². The molecule has 0 saturated heterocycles. The van der Waals surface area contributed by atoms with Crippen LogP contribution in [0, 0.1) is 0 Å². The van der Waals surface area contributed by atoms with Gasteiger partial charge in [-0.3, -0.25) is 0 Å². The summed E-state index contributed by atoms with van der Waals surface area (Å²) >= 11 is 3.14. The Hall–Kier alpha value is -0.180. The van der Waals surface area contributed by atoms with Gasteiger partial charge in [0.25, 0.3) is 0 Å². The van der Waals surface area contributed by atoms with Gasteiger partial charge in [0.15, 0.2) is 0 Å². The first-order chi connectivity index (χ1) is 5.03. The fraction of sp³-hybridized carbons (Fsp3) is 0.500. The van der Waals surface area contributed by atoms with E-state index in [9.17, 15) is 8.78 Å². The van der Waals surface area contributed by atoms with Crippen molar-refractivity contribution in [3.8, 4) is 0 Å². The quantitative estimate of drug-likeness (QED) is 0.598. The molecule has 1 aliphatic rings. The third kappa shape index (κ3) is 2.40. The van der Waals surface area contributed by atoms with Crippen LogP contribution in [0.1, 0.15) is 13.3 Å². The van der Waals surface area contributed by atoms with E-state index in [1.54, 1.807) is 0 Å². The molecular weight excluding hydrogens is 214 g/mol. The van der Waals surface area contributed by atoms with Crippen molar-refractivity contribution in [1.29, 1.82) is 0 Å². The highest BCUT2D eigenvalue weighted by atomic mass is 79.9. The maximum atomic E-state index is 13.2. The van der Waals surface area contributed by atoms with Gasteiger partial charge in [0, 0.05) is 11.8 Å². The third-order valence-corrected chi connectivity index (χ3v) is 2.14. The van der Waals surface area contributed by atoms with Gasteiger partial charge in [0.05, 0.1) is 0 Å². The van der Waals surface area contributed by atoms with E-state index in [1.165, 1.54) is 19.1 Å². The van der Waals surface area contributed by atoms with E-state index in [0.29, 0.717) is 10.9 Å². The average molecular weight is 223 g/mol. The van der Waals surface area contributed by atoms with Crippen molar-refractivity contribution in [3.05, 3.63) is 23.6 Å². The summed E-state index contributed by atoms with van der Waals surface area (Å²) in [6.45, 7) is 1.38. The second kappa shape index (κ2) is 3.05. The zero-order chi connectivity index (χ0) is 8.48.